The van der Waals surface area contributed by atoms with Crippen LogP contribution in [-0.4, -0.2) is 0 Å². The molecule has 4 rings (SSSR count). The molecule has 0 unspecified atom stereocenters. The fourth-order valence-corrected chi connectivity index (χ4v) is 3.69. The minimum atomic E-state index is 0.745. The molecule has 1 aromatic heterocycles. The number of benzene rings is 3. The maximum atomic E-state index is 6.13. The third-order valence-electron chi connectivity index (χ3n) is 3.62. The molecule has 0 fully saturated rings. The Morgan fingerprint density at radius 3 is 2.22 bits per heavy atom. The molecule has 0 aliphatic rings. The molecule has 0 aliphatic heterocycles. The zero-order chi connectivity index (χ0) is 15.6. The topological polar surface area (TPSA) is 13.1 Å². The van der Waals surface area contributed by atoms with Crippen molar-refractivity contribution in [2.24, 2.45) is 0 Å². The van der Waals surface area contributed by atoms with Gasteiger partial charge in [0.05, 0.1) is 4.90 Å². The lowest BCUT2D eigenvalue weighted by Gasteiger charge is -2.04. The van der Waals surface area contributed by atoms with E-state index in [1.807, 2.05) is 60.7 Å². The number of halogens is 1. The number of furan rings is 1. The Bertz CT molecular complexity index is 942. The molecular weight excluding hydrogens is 324 g/mol. The van der Waals surface area contributed by atoms with E-state index in [4.69, 9.17) is 16.0 Å². The van der Waals surface area contributed by atoms with Crippen LogP contribution in [0.5, 0.6) is 0 Å². The van der Waals surface area contributed by atoms with Gasteiger partial charge in [-0.1, -0.05) is 65.8 Å². The zero-order valence-electron chi connectivity index (χ0n) is 12.2. The number of hydrogen-bond donors (Lipinski definition) is 0. The Kier molecular flexibility index (Phi) is 3.86. The fourth-order valence-electron chi connectivity index (χ4n) is 2.52. The summed E-state index contributed by atoms with van der Waals surface area (Å²) in [5.41, 5.74) is 1.99. The minimum absolute atomic E-state index is 0.745. The smallest absolute Gasteiger partial charge is 0.149 e. The maximum Gasteiger partial charge on any atom is 0.149 e. The summed E-state index contributed by atoms with van der Waals surface area (Å²) in [6, 6.07) is 26.2. The van der Waals surface area contributed by atoms with Gasteiger partial charge >= 0.3 is 0 Å². The van der Waals surface area contributed by atoms with E-state index in [0.717, 1.165) is 37.1 Å². The zero-order valence-corrected chi connectivity index (χ0v) is 13.8. The summed E-state index contributed by atoms with van der Waals surface area (Å²) >= 11 is 7.69. The van der Waals surface area contributed by atoms with Crippen LogP contribution in [0.3, 0.4) is 0 Å². The van der Waals surface area contributed by atoms with Crippen LogP contribution in [0.25, 0.3) is 22.3 Å². The second-order valence-corrected chi connectivity index (χ2v) is 6.70. The van der Waals surface area contributed by atoms with Crippen molar-refractivity contribution in [1.82, 2.24) is 0 Å². The highest BCUT2D eigenvalue weighted by atomic mass is 35.5. The van der Waals surface area contributed by atoms with Crippen molar-refractivity contribution in [2.75, 3.05) is 0 Å². The summed E-state index contributed by atoms with van der Waals surface area (Å²) in [4.78, 5) is 2.27. The van der Waals surface area contributed by atoms with Crippen LogP contribution in [-0.2, 0) is 0 Å². The molecule has 23 heavy (non-hydrogen) atoms. The monoisotopic (exact) mass is 336 g/mol. The van der Waals surface area contributed by atoms with Gasteiger partial charge < -0.3 is 4.42 Å². The number of para-hydroxylation sites is 1. The molecule has 0 saturated carbocycles. The predicted molar refractivity (Wildman–Crippen MR) is 97.2 cm³/mol. The molecule has 0 amide bonds. The van der Waals surface area contributed by atoms with Gasteiger partial charge in [0.15, 0.2) is 0 Å². The highest BCUT2D eigenvalue weighted by molar-refractivity contribution is 7.99. The van der Waals surface area contributed by atoms with Crippen molar-refractivity contribution in [3.63, 3.8) is 0 Å². The van der Waals surface area contributed by atoms with Crippen molar-refractivity contribution < 1.29 is 4.42 Å². The summed E-state index contributed by atoms with van der Waals surface area (Å²) < 4.78 is 6.13. The van der Waals surface area contributed by atoms with Gasteiger partial charge in [-0.15, -0.1) is 0 Å². The van der Waals surface area contributed by atoms with Gasteiger partial charge in [-0.3, -0.25) is 0 Å². The third-order valence-corrected chi connectivity index (χ3v) is 4.99. The molecule has 0 N–H and O–H groups in total. The van der Waals surface area contributed by atoms with Gasteiger partial charge in [0.25, 0.3) is 0 Å². The Hall–Kier alpha value is -2.16. The van der Waals surface area contributed by atoms with E-state index in [-0.39, 0.29) is 0 Å². The summed E-state index contributed by atoms with van der Waals surface area (Å²) in [7, 11) is 0. The third kappa shape index (κ3) is 2.88. The van der Waals surface area contributed by atoms with Gasteiger partial charge in [0.1, 0.15) is 11.3 Å². The molecule has 0 bridgehead atoms. The van der Waals surface area contributed by atoms with Gasteiger partial charge in [-0.25, -0.2) is 0 Å². The lowest BCUT2D eigenvalue weighted by molar-refractivity contribution is 0.625. The van der Waals surface area contributed by atoms with Crippen molar-refractivity contribution >= 4 is 34.3 Å². The summed E-state index contributed by atoms with van der Waals surface area (Å²) in [5, 5.41) is 1.88. The molecule has 3 heteroatoms. The molecule has 0 saturated heterocycles. The summed E-state index contributed by atoms with van der Waals surface area (Å²) in [6.45, 7) is 0. The van der Waals surface area contributed by atoms with Crippen LogP contribution in [0.1, 0.15) is 0 Å². The molecule has 0 aliphatic carbocycles. The van der Waals surface area contributed by atoms with Crippen LogP contribution in [0, 0.1) is 0 Å². The lowest BCUT2D eigenvalue weighted by atomic mass is 10.1. The van der Waals surface area contributed by atoms with Crippen molar-refractivity contribution in [2.45, 2.75) is 9.79 Å². The number of fused-ring (bicyclic) bond motifs is 1. The van der Waals surface area contributed by atoms with E-state index in [9.17, 15) is 0 Å². The van der Waals surface area contributed by atoms with E-state index in [0.29, 0.717) is 0 Å². The largest absolute Gasteiger partial charge is 0.455 e. The molecule has 0 atom stereocenters. The summed E-state index contributed by atoms with van der Waals surface area (Å²) in [6.07, 6.45) is 0. The Morgan fingerprint density at radius 1 is 0.739 bits per heavy atom. The molecule has 3 aromatic carbocycles. The fraction of sp³-hybridized carbons (Fsp3) is 0. The van der Waals surface area contributed by atoms with Crippen LogP contribution < -0.4 is 0 Å². The molecule has 0 spiro atoms. The van der Waals surface area contributed by atoms with E-state index < -0.39 is 0 Å². The second kappa shape index (κ2) is 6.15. The lowest BCUT2D eigenvalue weighted by Crippen LogP contribution is -1.78. The first-order chi connectivity index (χ1) is 11.3. The number of hydrogen-bond acceptors (Lipinski definition) is 2. The Morgan fingerprint density at radius 2 is 1.43 bits per heavy atom. The van der Waals surface area contributed by atoms with Crippen molar-refractivity contribution in [3.8, 4) is 11.3 Å². The van der Waals surface area contributed by atoms with E-state index >= 15 is 0 Å². The molecule has 1 nitrogen and oxygen atoms in total. The molecule has 112 valence electrons. The first kappa shape index (κ1) is 14.4. The molecular formula is C20H13ClOS. The SMILES string of the molecule is Clc1ccc(Sc2c(-c3ccccc3)oc3ccccc23)cc1. The van der Waals surface area contributed by atoms with E-state index in [1.54, 1.807) is 11.8 Å². The van der Waals surface area contributed by atoms with Crippen molar-refractivity contribution in [3.05, 3.63) is 83.9 Å². The van der Waals surface area contributed by atoms with Gasteiger partial charge in [-0.2, -0.15) is 0 Å². The van der Waals surface area contributed by atoms with Gasteiger partial charge in [0.2, 0.25) is 0 Å². The predicted octanol–water partition coefficient (Wildman–Crippen LogP) is 6.90. The van der Waals surface area contributed by atoms with Crippen LogP contribution in [0.15, 0.2) is 93.1 Å². The highest BCUT2D eigenvalue weighted by Crippen LogP contribution is 2.43. The molecule has 0 radical (unpaired) electrons. The number of rotatable bonds is 3. The Labute approximate surface area is 143 Å². The van der Waals surface area contributed by atoms with Gasteiger partial charge in [0, 0.05) is 20.9 Å². The van der Waals surface area contributed by atoms with Crippen LogP contribution in [0.2, 0.25) is 5.02 Å². The Balaban J connectivity index is 1.87. The summed E-state index contributed by atoms with van der Waals surface area (Å²) in [5.74, 6) is 0.909. The normalized spacial score (nSPS) is 11.0. The maximum absolute atomic E-state index is 6.13. The van der Waals surface area contributed by atoms with E-state index in [2.05, 4.69) is 18.2 Å². The quantitative estimate of drug-likeness (QED) is 0.403. The second-order valence-electron chi connectivity index (χ2n) is 5.18. The average Bonchev–Trinajstić information content (AvgIpc) is 2.96. The molecule has 4 aromatic rings. The average molecular weight is 337 g/mol. The van der Waals surface area contributed by atoms with Gasteiger partial charge in [-0.05, 0) is 36.4 Å². The first-order valence-electron chi connectivity index (χ1n) is 7.31. The van der Waals surface area contributed by atoms with E-state index in [1.165, 1.54) is 0 Å². The standard InChI is InChI=1S/C20H13ClOS/c21-15-10-12-16(13-11-15)23-20-17-8-4-5-9-18(17)22-19(20)14-6-2-1-3-7-14/h1-13H. The first-order valence-corrected chi connectivity index (χ1v) is 8.51. The van der Waals surface area contributed by atoms with Crippen LogP contribution >= 0.6 is 23.4 Å². The van der Waals surface area contributed by atoms with Crippen molar-refractivity contribution in [1.29, 1.82) is 0 Å². The molecule has 1 heterocycles. The highest BCUT2D eigenvalue weighted by Gasteiger charge is 2.16. The minimum Gasteiger partial charge on any atom is -0.455 e. The van der Waals surface area contributed by atoms with Crippen LogP contribution in [0.4, 0.5) is 0 Å².